The molecule has 1 fully saturated rings. The van der Waals surface area contributed by atoms with E-state index in [-0.39, 0.29) is 17.7 Å². The highest BCUT2D eigenvalue weighted by molar-refractivity contribution is 5.94. The summed E-state index contributed by atoms with van der Waals surface area (Å²) in [5.74, 6) is 0.747. The fourth-order valence-corrected chi connectivity index (χ4v) is 3.68. The first-order valence-electron chi connectivity index (χ1n) is 9.87. The van der Waals surface area contributed by atoms with E-state index in [2.05, 4.69) is 22.3 Å². The largest absolute Gasteiger partial charge is 0.451 e. The number of hydrogen-bond acceptors (Lipinski definition) is 4. The molecule has 1 saturated heterocycles. The van der Waals surface area contributed by atoms with Crippen LogP contribution in [0.3, 0.4) is 0 Å². The van der Waals surface area contributed by atoms with Crippen LogP contribution in [0, 0.1) is 0 Å². The SMILES string of the molecule is CC(=O)c1ccc(-c2ccc(C(=O)N[C@H]3CCN(Cc4ccccc4)C3)o2)cc1. The summed E-state index contributed by atoms with van der Waals surface area (Å²) in [6.45, 7) is 4.23. The number of Topliss-reactive ketones (excluding diaryl/α,β-unsaturated/α-hetero) is 1. The van der Waals surface area contributed by atoms with Gasteiger partial charge in [-0.25, -0.2) is 0 Å². The molecule has 3 aromatic rings. The number of rotatable bonds is 6. The fourth-order valence-electron chi connectivity index (χ4n) is 3.68. The third-order valence-corrected chi connectivity index (χ3v) is 5.26. The number of furan rings is 1. The van der Waals surface area contributed by atoms with E-state index in [9.17, 15) is 9.59 Å². The lowest BCUT2D eigenvalue weighted by Crippen LogP contribution is -2.36. The second-order valence-electron chi connectivity index (χ2n) is 7.48. The number of benzene rings is 2. The Hall–Kier alpha value is -3.18. The Balaban J connectivity index is 1.34. The van der Waals surface area contributed by atoms with Crippen molar-refractivity contribution in [1.82, 2.24) is 10.2 Å². The van der Waals surface area contributed by atoms with Crippen molar-refractivity contribution in [3.05, 3.63) is 83.6 Å². The molecule has 148 valence electrons. The van der Waals surface area contributed by atoms with Crippen LogP contribution in [0.15, 0.2) is 71.1 Å². The zero-order chi connectivity index (χ0) is 20.2. The molecule has 2 aromatic carbocycles. The molecule has 4 rings (SSSR count). The second kappa shape index (κ2) is 8.45. The monoisotopic (exact) mass is 388 g/mol. The molecule has 0 saturated carbocycles. The molecule has 0 unspecified atom stereocenters. The van der Waals surface area contributed by atoms with E-state index < -0.39 is 0 Å². The summed E-state index contributed by atoms with van der Waals surface area (Å²) < 4.78 is 5.75. The number of ketones is 1. The van der Waals surface area contributed by atoms with E-state index in [1.165, 1.54) is 12.5 Å². The van der Waals surface area contributed by atoms with E-state index in [0.717, 1.165) is 31.6 Å². The van der Waals surface area contributed by atoms with Crippen molar-refractivity contribution in [3.63, 3.8) is 0 Å². The van der Waals surface area contributed by atoms with Crippen LogP contribution in [0.1, 0.15) is 39.8 Å². The first kappa shape index (κ1) is 19.2. The van der Waals surface area contributed by atoms with Crippen LogP contribution < -0.4 is 5.32 Å². The van der Waals surface area contributed by atoms with Crippen molar-refractivity contribution in [2.45, 2.75) is 25.9 Å². The Labute approximate surface area is 170 Å². The first-order valence-corrected chi connectivity index (χ1v) is 9.87. The van der Waals surface area contributed by atoms with Crippen molar-refractivity contribution in [2.75, 3.05) is 13.1 Å². The molecule has 1 aliphatic heterocycles. The Morgan fingerprint density at radius 1 is 1.03 bits per heavy atom. The van der Waals surface area contributed by atoms with Crippen molar-refractivity contribution in [2.24, 2.45) is 0 Å². The normalized spacial score (nSPS) is 16.7. The maximum atomic E-state index is 12.6. The second-order valence-corrected chi connectivity index (χ2v) is 7.48. The van der Waals surface area contributed by atoms with Crippen molar-refractivity contribution < 1.29 is 14.0 Å². The lowest BCUT2D eigenvalue weighted by molar-refractivity contribution is 0.0910. The summed E-state index contributed by atoms with van der Waals surface area (Å²) in [6.07, 6.45) is 0.929. The molecule has 5 nitrogen and oxygen atoms in total. The molecule has 5 heteroatoms. The quantitative estimate of drug-likeness (QED) is 0.644. The van der Waals surface area contributed by atoms with E-state index in [1.54, 1.807) is 24.3 Å². The van der Waals surface area contributed by atoms with Gasteiger partial charge in [0.05, 0.1) is 0 Å². The maximum absolute atomic E-state index is 12.6. The number of nitrogens with zero attached hydrogens (tertiary/aromatic N) is 1. The summed E-state index contributed by atoms with van der Waals surface area (Å²) in [6, 6.07) is 21.2. The molecule has 1 amide bonds. The average molecular weight is 388 g/mol. The van der Waals surface area contributed by atoms with Crippen molar-refractivity contribution in [3.8, 4) is 11.3 Å². The molecular weight excluding hydrogens is 364 g/mol. The third kappa shape index (κ3) is 4.63. The summed E-state index contributed by atoms with van der Waals surface area (Å²) >= 11 is 0. The minimum atomic E-state index is -0.192. The standard InChI is InChI=1S/C24H24N2O3/c1-17(27)19-7-9-20(10-8-19)22-11-12-23(29-22)24(28)25-21-13-14-26(16-21)15-18-5-3-2-4-6-18/h2-12,21H,13-16H2,1H3,(H,25,28)/t21-/m0/s1. The lowest BCUT2D eigenvalue weighted by atomic mass is 10.1. The zero-order valence-electron chi connectivity index (χ0n) is 16.4. The van der Waals surface area contributed by atoms with Gasteiger partial charge in [0.1, 0.15) is 5.76 Å². The minimum absolute atomic E-state index is 0.0222. The van der Waals surface area contributed by atoms with Crippen LogP contribution in [0.4, 0.5) is 0 Å². The van der Waals surface area contributed by atoms with Crippen LogP contribution in [0.25, 0.3) is 11.3 Å². The molecular formula is C24H24N2O3. The van der Waals surface area contributed by atoms with Gasteiger partial charge in [-0.05, 0) is 31.0 Å². The highest BCUT2D eigenvalue weighted by atomic mass is 16.3. The van der Waals surface area contributed by atoms with Gasteiger partial charge in [-0.2, -0.15) is 0 Å². The van der Waals surface area contributed by atoms with E-state index in [0.29, 0.717) is 17.1 Å². The van der Waals surface area contributed by atoms with Gasteiger partial charge in [0.25, 0.3) is 5.91 Å². The van der Waals surface area contributed by atoms with Crippen molar-refractivity contribution in [1.29, 1.82) is 0 Å². The molecule has 0 spiro atoms. The smallest absolute Gasteiger partial charge is 0.287 e. The average Bonchev–Trinajstić information content (AvgIpc) is 3.39. The minimum Gasteiger partial charge on any atom is -0.451 e. The summed E-state index contributed by atoms with van der Waals surface area (Å²) in [5, 5.41) is 3.08. The topological polar surface area (TPSA) is 62.6 Å². The fraction of sp³-hybridized carbons (Fsp3) is 0.250. The predicted molar refractivity (Wildman–Crippen MR) is 112 cm³/mol. The molecule has 29 heavy (non-hydrogen) atoms. The Morgan fingerprint density at radius 3 is 2.52 bits per heavy atom. The van der Waals surface area contributed by atoms with E-state index >= 15 is 0 Å². The van der Waals surface area contributed by atoms with Gasteiger partial charge in [-0.3, -0.25) is 14.5 Å². The first-order chi connectivity index (χ1) is 14.1. The lowest BCUT2D eigenvalue weighted by Gasteiger charge is -2.16. The van der Waals surface area contributed by atoms with Gasteiger partial charge in [-0.1, -0.05) is 54.6 Å². The number of nitrogens with one attached hydrogen (secondary N) is 1. The third-order valence-electron chi connectivity index (χ3n) is 5.26. The van der Waals surface area contributed by atoms with Gasteiger partial charge >= 0.3 is 0 Å². The number of hydrogen-bond donors (Lipinski definition) is 1. The Morgan fingerprint density at radius 2 is 1.79 bits per heavy atom. The summed E-state index contributed by atoms with van der Waals surface area (Å²) in [5.41, 5.74) is 2.77. The van der Waals surface area contributed by atoms with Crippen molar-refractivity contribution >= 4 is 11.7 Å². The Kier molecular flexibility index (Phi) is 5.58. The highest BCUT2D eigenvalue weighted by Gasteiger charge is 2.25. The van der Waals surface area contributed by atoms with Gasteiger partial charge in [-0.15, -0.1) is 0 Å². The number of amides is 1. The van der Waals surface area contributed by atoms with E-state index in [4.69, 9.17) is 4.42 Å². The molecule has 1 atom stereocenters. The molecule has 0 radical (unpaired) electrons. The molecule has 0 aliphatic carbocycles. The predicted octanol–water partition coefficient (Wildman–Crippen LogP) is 4.15. The van der Waals surface area contributed by atoms with Crippen LogP contribution >= 0.6 is 0 Å². The summed E-state index contributed by atoms with van der Waals surface area (Å²) in [7, 11) is 0. The number of likely N-dealkylation sites (tertiary alicyclic amines) is 1. The number of carbonyl (C=O) groups is 2. The molecule has 2 heterocycles. The molecule has 1 N–H and O–H groups in total. The molecule has 0 bridgehead atoms. The van der Waals surface area contributed by atoms with E-state index in [1.807, 2.05) is 30.3 Å². The van der Waals surface area contributed by atoms with Gasteiger partial charge in [0.2, 0.25) is 0 Å². The summed E-state index contributed by atoms with van der Waals surface area (Å²) in [4.78, 5) is 26.3. The van der Waals surface area contributed by atoms with Gasteiger partial charge in [0.15, 0.2) is 11.5 Å². The molecule has 1 aliphatic rings. The zero-order valence-corrected chi connectivity index (χ0v) is 16.4. The van der Waals surface area contributed by atoms with Crippen LogP contribution in [0.2, 0.25) is 0 Å². The van der Waals surface area contributed by atoms with Gasteiger partial charge in [0, 0.05) is 36.8 Å². The van der Waals surface area contributed by atoms with Gasteiger partial charge < -0.3 is 9.73 Å². The molecule has 1 aromatic heterocycles. The van der Waals surface area contributed by atoms with Crippen LogP contribution in [-0.2, 0) is 6.54 Å². The number of carbonyl (C=O) groups excluding carboxylic acids is 2. The highest BCUT2D eigenvalue weighted by Crippen LogP contribution is 2.23. The van der Waals surface area contributed by atoms with Crippen LogP contribution in [0.5, 0.6) is 0 Å². The van der Waals surface area contributed by atoms with Crippen LogP contribution in [-0.4, -0.2) is 35.7 Å². The Bertz CT molecular complexity index is 992. The maximum Gasteiger partial charge on any atom is 0.287 e.